The van der Waals surface area contributed by atoms with Gasteiger partial charge >= 0.3 is 0 Å². The Kier molecular flexibility index (Phi) is 8.69. The van der Waals surface area contributed by atoms with Crippen LogP contribution in [0.3, 0.4) is 0 Å². The van der Waals surface area contributed by atoms with E-state index in [1.807, 2.05) is 7.05 Å². The van der Waals surface area contributed by atoms with E-state index in [1.54, 1.807) is 19.1 Å². The zero-order chi connectivity index (χ0) is 25.9. The standard InChI is InChI=1S/C26H43F2N5O3/c1-29-9-10-31(2)15-21-23(19-5-7-25(8-6-19,17-35-3)18-36-4)22-16-32(11-12-33(22)30-21)24(34)20-13-26(27,28)14-20/h19-20,29H,5-18H2,1-4H3. The Labute approximate surface area is 213 Å². The van der Waals surface area contributed by atoms with E-state index in [9.17, 15) is 13.6 Å². The molecule has 0 atom stereocenters. The monoisotopic (exact) mass is 511 g/mol. The minimum absolute atomic E-state index is 0.0361. The second-order valence-electron chi connectivity index (χ2n) is 11.2. The number of carbonyl (C=O) groups excluding carboxylic acids is 1. The number of likely N-dealkylation sites (N-methyl/N-ethyl adjacent to an activating group) is 2. The van der Waals surface area contributed by atoms with Crippen LogP contribution in [0.1, 0.15) is 61.4 Å². The van der Waals surface area contributed by atoms with Crippen molar-refractivity contribution in [3.05, 3.63) is 17.0 Å². The van der Waals surface area contributed by atoms with Crippen LogP contribution < -0.4 is 5.32 Å². The maximum Gasteiger partial charge on any atom is 0.249 e. The lowest BCUT2D eigenvalue weighted by atomic mass is 9.69. The molecule has 0 unspecified atom stereocenters. The number of ether oxygens (including phenoxy) is 2. The summed E-state index contributed by atoms with van der Waals surface area (Å²) in [5.74, 6) is -3.02. The molecule has 2 saturated carbocycles. The fourth-order valence-electron chi connectivity index (χ4n) is 6.36. The van der Waals surface area contributed by atoms with Crippen molar-refractivity contribution in [2.75, 3.05) is 61.2 Å². The highest BCUT2D eigenvalue weighted by atomic mass is 19.3. The number of alkyl halides is 2. The molecule has 4 rings (SSSR count). The van der Waals surface area contributed by atoms with E-state index in [2.05, 4.69) is 21.9 Å². The van der Waals surface area contributed by atoms with Gasteiger partial charge in [-0.3, -0.25) is 14.4 Å². The van der Waals surface area contributed by atoms with E-state index in [0.717, 1.165) is 56.7 Å². The molecule has 1 amide bonds. The molecule has 204 valence electrons. The minimum atomic E-state index is -2.69. The molecule has 2 fully saturated rings. The van der Waals surface area contributed by atoms with Crippen LogP contribution in [0, 0.1) is 11.3 Å². The van der Waals surface area contributed by atoms with Crippen LogP contribution >= 0.6 is 0 Å². The average molecular weight is 512 g/mol. The van der Waals surface area contributed by atoms with Gasteiger partial charge in [0.25, 0.3) is 0 Å². The van der Waals surface area contributed by atoms with Crippen molar-refractivity contribution in [1.82, 2.24) is 24.9 Å². The summed E-state index contributed by atoms with van der Waals surface area (Å²) in [7, 11) is 7.56. The zero-order valence-corrected chi connectivity index (χ0v) is 22.3. The fourth-order valence-corrected chi connectivity index (χ4v) is 6.36. The van der Waals surface area contributed by atoms with Crippen molar-refractivity contribution in [1.29, 1.82) is 0 Å². The van der Waals surface area contributed by atoms with Gasteiger partial charge in [0.2, 0.25) is 11.8 Å². The summed E-state index contributed by atoms with van der Waals surface area (Å²) in [6.45, 7) is 5.53. The van der Waals surface area contributed by atoms with E-state index in [4.69, 9.17) is 14.6 Å². The molecule has 0 radical (unpaired) electrons. The van der Waals surface area contributed by atoms with Gasteiger partial charge in [0, 0.05) is 70.1 Å². The Hall–Kier alpha value is -1.62. The quantitative estimate of drug-likeness (QED) is 0.493. The zero-order valence-electron chi connectivity index (χ0n) is 22.3. The summed E-state index contributed by atoms with van der Waals surface area (Å²) in [4.78, 5) is 17.1. The summed E-state index contributed by atoms with van der Waals surface area (Å²) in [5.41, 5.74) is 3.48. The Morgan fingerprint density at radius 1 is 1.17 bits per heavy atom. The molecule has 0 bridgehead atoms. The number of carbonyl (C=O) groups is 1. The Morgan fingerprint density at radius 3 is 2.42 bits per heavy atom. The lowest BCUT2D eigenvalue weighted by Gasteiger charge is -2.40. The second kappa shape index (κ2) is 11.4. The van der Waals surface area contributed by atoms with Gasteiger partial charge in [-0.15, -0.1) is 0 Å². The number of halogens is 2. The predicted molar refractivity (Wildman–Crippen MR) is 133 cm³/mol. The maximum absolute atomic E-state index is 13.4. The minimum Gasteiger partial charge on any atom is -0.384 e. The largest absolute Gasteiger partial charge is 0.384 e. The summed E-state index contributed by atoms with van der Waals surface area (Å²) in [5, 5.41) is 8.23. The van der Waals surface area contributed by atoms with Crippen LogP contribution in [0.15, 0.2) is 0 Å². The molecule has 0 aromatic carbocycles. The number of hydrogen-bond donors (Lipinski definition) is 1. The van der Waals surface area contributed by atoms with Gasteiger partial charge < -0.3 is 19.7 Å². The smallest absolute Gasteiger partial charge is 0.249 e. The third kappa shape index (κ3) is 5.92. The van der Waals surface area contributed by atoms with Crippen molar-refractivity contribution >= 4 is 5.91 Å². The Morgan fingerprint density at radius 2 is 1.83 bits per heavy atom. The molecule has 0 spiro atoms. The maximum atomic E-state index is 13.4. The van der Waals surface area contributed by atoms with Crippen LogP contribution in [0.2, 0.25) is 0 Å². The fraction of sp³-hybridized carbons (Fsp3) is 0.846. The molecule has 1 N–H and O–H groups in total. The number of fused-ring (bicyclic) bond motifs is 1. The molecule has 3 aliphatic rings. The average Bonchev–Trinajstić information content (AvgIpc) is 3.18. The van der Waals surface area contributed by atoms with Crippen LogP contribution in [-0.2, 0) is 33.9 Å². The van der Waals surface area contributed by atoms with Gasteiger partial charge in [0.05, 0.1) is 37.7 Å². The first-order valence-electron chi connectivity index (χ1n) is 13.3. The van der Waals surface area contributed by atoms with Crippen LogP contribution in [0.5, 0.6) is 0 Å². The summed E-state index contributed by atoms with van der Waals surface area (Å²) < 4.78 is 40.1. The lowest BCUT2D eigenvalue weighted by Crippen LogP contribution is -2.49. The Balaban J connectivity index is 1.55. The number of nitrogens with zero attached hydrogens (tertiary/aromatic N) is 4. The van der Waals surface area contributed by atoms with E-state index in [-0.39, 0.29) is 24.2 Å². The van der Waals surface area contributed by atoms with Gasteiger partial charge in [-0.2, -0.15) is 5.10 Å². The van der Waals surface area contributed by atoms with Crippen LogP contribution in [-0.4, -0.2) is 92.6 Å². The topological polar surface area (TPSA) is 71.9 Å². The van der Waals surface area contributed by atoms with Crippen molar-refractivity contribution in [2.24, 2.45) is 11.3 Å². The molecule has 36 heavy (non-hydrogen) atoms. The van der Waals surface area contributed by atoms with Gasteiger partial charge in [0.1, 0.15) is 0 Å². The molecule has 10 heteroatoms. The summed E-state index contributed by atoms with van der Waals surface area (Å²) in [6, 6.07) is 0. The van der Waals surface area contributed by atoms with Gasteiger partial charge in [-0.1, -0.05) is 0 Å². The van der Waals surface area contributed by atoms with Crippen LogP contribution in [0.4, 0.5) is 8.78 Å². The van der Waals surface area contributed by atoms with E-state index >= 15 is 0 Å². The molecule has 2 heterocycles. The van der Waals surface area contributed by atoms with Gasteiger partial charge in [-0.25, -0.2) is 8.78 Å². The molecule has 1 aromatic heterocycles. The molecular formula is C26H43F2N5O3. The molecule has 0 saturated heterocycles. The van der Waals surface area contributed by atoms with Crippen molar-refractivity contribution in [2.45, 2.75) is 70.0 Å². The molecule has 8 nitrogen and oxygen atoms in total. The third-order valence-electron chi connectivity index (χ3n) is 8.37. The highest BCUT2D eigenvalue weighted by Crippen LogP contribution is 2.46. The van der Waals surface area contributed by atoms with Crippen molar-refractivity contribution in [3.8, 4) is 0 Å². The molecule has 1 aliphatic heterocycles. The lowest BCUT2D eigenvalue weighted by molar-refractivity contribution is -0.161. The Bertz CT molecular complexity index is 884. The van der Waals surface area contributed by atoms with Crippen molar-refractivity contribution < 1.29 is 23.0 Å². The number of methoxy groups -OCH3 is 2. The summed E-state index contributed by atoms with van der Waals surface area (Å²) in [6.07, 6.45) is 3.42. The molecular weight excluding hydrogens is 468 g/mol. The first-order chi connectivity index (χ1) is 17.2. The van der Waals surface area contributed by atoms with E-state index in [0.29, 0.717) is 38.8 Å². The number of hydrogen-bond acceptors (Lipinski definition) is 6. The third-order valence-corrected chi connectivity index (χ3v) is 8.37. The number of amides is 1. The highest BCUT2D eigenvalue weighted by Gasteiger charge is 2.50. The second-order valence-corrected chi connectivity index (χ2v) is 11.2. The number of rotatable bonds is 11. The normalized spacial score (nSPS) is 22.0. The molecule has 2 aliphatic carbocycles. The van der Waals surface area contributed by atoms with Crippen LogP contribution in [0.25, 0.3) is 0 Å². The van der Waals surface area contributed by atoms with Gasteiger partial charge in [-0.05, 0) is 45.7 Å². The highest BCUT2D eigenvalue weighted by molar-refractivity contribution is 5.80. The van der Waals surface area contributed by atoms with E-state index in [1.165, 1.54) is 5.56 Å². The van der Waals surface area contributed by atoms with Gasteiger partial charge in [0.15, 0.2) is 0 Å². The predicted octanol–water partition coefficient (Wildman–Crippen LogP) is 2.86. The summed E-state index contributed by atoms with van der Waals surface area (Å²) >= 11 is 0. The van der Waals surface area contributed by atoms with Crippen molar-refractivity contribution in [3.63, 3.8) is 0 Å². The molecule has 1 aromatic rings. The number of aromatic nitrogens is 2. The number of nitrogens with one attached hydrogen (secondary N) is 1. The SMILES string of the molecule is CNCCN(C)Cc1nn2c(c1C1CCC(COC)(COC)CC1)CN(C(=O)C1CC(F)(F)C1)CC2. The van der Waals surface area contributed by atoms with E-state index < -0.39 is 11.8 Å². The first-order valence-corrected chi connectivity index (χ1v) is 13.3. The first kappa shape index (κ1) is 27.4.